The minimum absolute atomic E-state index is 0.0420. The minimum atomic E-state index is -0.762. The van der Waals surface area contributed by atoms with E-state index >= 15 is 0 Å². The van der Waals surface area contributed by atoms with Gasteiger partial charge in [-0.2, -0.15) is 0 Å². The molecule has 112 valence electrons. The first-order valence-corrected chi connectivity index (χ1v) is 7.02. The number of hydrogen-bond acceptors (Lipinski definition) is 4. The molecule has 21 heavy (non-hydrogen) atoms. The molecular weight excluding hydrogens is 277 g/mol. The Hall–Kier alpha value is -2.02. The smallest absolute Gasteiger partial charge is 0.273 e. The van der Waals surface area contributed by atoms with Crippen LogP contribution in [0.4, 0.5) is 10.1 Å². The number of nitro benzene ring substituents is 1. The summed E-state index contributed by atoms with van der Waals surface area (Å²) in [4.78, 5) is 24.2. The number of fused-ring (bicyclic) bond motifs is 1. The molecule has 0 aliphatic carbocycles. The van der Waals surface area contributed by atoms with Crippen molar-refractivity contribution in [1.29, 1.82) is 0 Å². The van der Waals surface area contributed by atoms with E-state index < -0.39 is 16.4 Å². The van der Waals surface area contributed by atoms with Crippen LogP contribution in [0, 0.1) is 21.8 Å². The Labute approximate surface area is 121 Å². The monoisotopic (exact) mass is 293 g/mol. The Morgan fingerprint density at radius 3 is 2.90 bits per heavy atom. The third kappa shape index (κ3) is 2.73. The van der Waals surface area contributed by atoms with E-state index in [2.05, 4.69) is 5.32 Å². The van der Waals surface area contributed by atoms with E-state index in [1.54, 1.807) is 4.90 Å². The van der Waals surface area contributed by atoms with Gasteiger partial charge in [0.1, 0.15) is 5.82 Å². The van der Waals surface area contributed by atoms with Gasteiger partial charge in [0.05, 0.1) is 11.0 Å². The maximum Gasteiger partial charge on any atom is 0.273 e. The highest BCUT2D eigenvalue weighted by atomic mass is 19.1. The number of rotatable bonds is 2. The van der Waals surface area contributed by atoms with Crippen LogP contribution in [-0.4, -0.2) is 41.4 Å². The number of nitrogens with one attached hydrogen (secondary N) is 1. The molecule has 0 aromatic heterocycles. The number of likely N-dealkylation sites (tertiary alicyclic amines) is 1. The number of nitro groups is 1. The lowest BCUT2D eigenvalue weighted by molar-refractivity contribution is -0.385. The van der Waals surface area contributed by atoms with Gasteiger partial charge in [-0.1, -0.05) is 0 Å². The molecule has 2 unspecified atom stereocenters. The summed E-state index contributed by atoms with van der Waals surface area (Å²) in [5.41, 5.74) is -0.353. The van der Waals surface area contributed by atoms with Crippen LogP contribution in [0.5, 0.6) is 0 Å². The van der Waals surface area contributed by atoms with Gasteiger partial charge < -0.3 is 10.2 Å². The first kappa shape index (κ1) is 13.9. The summed E-state index contributed by atoms with van der Waals surface area (Å²) in [5.74, 6) is -0.678. The van der Waals surface area contributed by atoms with E-state index in [1.165, 1.54) is 0 Å². The number of piperidine rings is 1. The molecule has 7 heteroatoms. The van der Waals surface area contributed by atoms with Crippen molar-refractivity contribution in [2.75, 3.05) is 19.6 Å². The minimum Gasteiger partial charge on any atom is -0.337 e. The van der Waals surface area contributed by atoms with Gasteiger partial charge in [0, 0.05) is 30.8 Å². The van der Waals surface area contributed by atoms with Crippen molar-refractivity contribution < 1.29 is 14.1 Å². The van der Waals surface area contributed by atoms with E-state index in [0.717, 1.165) is 37.6 Å². The molecule has 0 radical (unpaired) electrons. The number of carbonyl (C=O) groups excluding carboxylic acids is 1. The van der Waals surface area contributed by atoms with Crippen LogP contribution in [0.3, 0.4) is 0 Å². The number of amides is 1. The van der Waals surface area contributed by atoms with Crippen LogP contribution in [0.25, 0.3) is 0 Å². The van der Waals surface area contributed by atoms with Gasteiger partial charge in [-0.15, -0.1) is 0 Å². The molecular formula is C14H16FN3O3. The van der Waals surface area contributed by atoms with Crippen molar-refractivity contribution in [3.63, 3.8) is 0 Å². The summed E-state index contributed by atoms with van der Waals surface area (Å²) in [6.45, 7) is 2.16. The Kier molecular flexibility index (Phi) is 3.59. The lowest BCUT2D eigenvalue weighted by Crippen LogP contribution is -2.41. The van der Waals surface area contributed by atoms with E-state index in [4.69, 9.17) is 0 Å². The number of halogens is 1. The second-order valence-electron chi connectivity index (χ2n) is 5.63. The molecule has 6 nitrogen and oxygen atoms in total. The molecule has 0 spiro atoms. The molecule has 0 saturated carbocycles. The standard InChI is InChI=1S/C14H16FN3O3/c15-11-4-10(5-12(6-11)18(20)21)14(19)17-7-9-2-1-3-16-13(9)8-17/h4-6,9,13,16H,1-3,7-8H2. The molecule has 2 atom stereocenters. The fourth-order valence-corrected chi connectivity index (χ4v) is 3.20. The zero-order chi connectivity index (χ0) is 15.0. The van der Waals surface area contributed by atoms with E-state index in [-0.39, 0.29) is 17.5 Å². The predicted octanol–water partition coefficient (Wildman–Crippen LogP) is 1.56. The van der Waals surface area contributed by atoms with Crippen molar-refractivity contribution in [2.24, 2.45) is 5.92 Å². The molecule has 1 aromatic rings. The van der Waals surface area contributed by atoms with Crippen LogP contribution in [0.1, 0.15) is 23.2 Å². The van der Waals surface area contributed by atoms with Crippen LogP contribution >= 0.6 is 0 Å². The molecule has 2 aliphatic heterocycles. The molecule has 2 fully saturated rings. The van der Waals surface area contributed by atoms with E-state index in [0.29, 0.717) is 19.0 Å². The van der Waals surface area contributed by atoms with Crippen molar-refractivity contribution in [1.82, 2.24) is 10.2 Å². The topological polar surface area (TPSA) is 75.5 Å². The fourth-order valence-electron chi connectivity index (χ4n) is 3.20. The van der Waals surface area contributed by atoms with Crippen LogP contribution < -0.4 is 5.32 Å². The Morgan fingerprint density at radius 1 is 1.38 bits per heavy atom. The number of benzene rings is 1. The maximum absolute atomic E-state index is 13.4. The van der Waals surface area contributed by atoms with Crippen LogP contribution in [-0.2, 0) is 0 Å². The first-order valence-electron chi connectivity index (χ1n) is 7.02. The Morgan fingerprint density at radius 2 is 2.19 bits per heavy atom. The molecule has 3 rings (SSSR count). The Bertz CT molecular complexity index is 579. The average molecular weight is 293 g/mol. The normalized spacial score (nSPS) is 24.7. The fraction of sp³-hybridized carbons (Fsp3) is 0.500. The zero-order valence-corrected chi connectivity index (χ0v) is 11.4. The molecule has 1 aromatic carbocycles. The van der Waals surface area contributed by atoms with Gasteiger partial charge in [0.25, 0.3) is 11.6 Å². The molecule has 2 saturated heterocycles. The predicted molar refractivity (Wildman–Crippen MR) is 73.5 cm³/mol. The molecule has 0 bridgehead atoms. The second-order valence-corrected chi connectivity index (χ2v) is 5.63. The zero-order valence-electron chi connectivity index (χ0n) is 11.4. The van der Waals surface area contributed by atoms with Crippen molar-refractivity contribution in [3.8, 4) is 0 Å². The SMILES string of the molecule is O=C(c1cc(F)cc([N+](=O)[O-])c1)N1CC2CCCNC2C1. The Balaban J connectivity index is 1.81. The highest BCUT2D eigenvalue weighted by Gasteiger charge is 2.36. The molecule has 2 aliphatic rings. The van der Waals surface area contributed by atoms with Crippen molar-refractivity contribution in [2.45, 2.75) is 18.9 Å². The summed E-state index contributed by atoms with van der Waals surface area (Å²) >= 11 is 0. The highest BCUT2D eigenvalue weighted by molar-refractivity contribution is 5.95. The summed E-state index contributed by atoms with van der Waals surface area (Å²) in [7, 11) is 0. The lowest BCUT2D eigenvalue weighted by Gasteiger charge is -2.24. The first-order chi connectivity index (χ1) is 10.0. The second kappa shape index (κ2) is 5.40. The molecule has 2 heterocycles. The molecule has 1 amide bonds. The largest absolute Gasteiger partial charge is 0.337 e. The van der Waals surface area contributed by atoms with Crippen molar-refractivity contribution >= 4 is 11.6 Å². The number of hydrogen-bond donors (Lipinski definition) is 1. The highest BCUT2D eigenvalue weighted by Crippen LogP contribution is 2.27. The summed E-state index contributed by atoms with van der Waals surface area (Å²) in [6, 6.07) is 3.31. The van der Waals surface area contributed by atoms with Crippen LogP contribution in [0.15, 0.2) is 18.2 Å². The summed E-state index contributed by atoms with van der Waals surface area (Å²) in [6.07, 6.45) is 2.17. The van der Waals surface area contributed by atoms with Gasteiger partial charge in [-0.05, 0) is 31.4 Å². The third-order valence-corrected chi connectivity index (χ3v) is 4.23. The van der Waals surface area contributed by atoms with Gasteiger partial charge in [-0.3, -0.25) is 14.9 Å². The van der Waals surface area contributed by atoms with E-state index in [1.807, 2.05) is 0 Å². The summed E-state index contributed by atoms with van der Waals surface area (Å²) < 4.78 is 13.4. The van der Waals surface area contributed by atoms with Gasteiger partial charge in [-0.25, -0.2) is 4.39 Å². The maximum atomic E-state index is 13.4. The third-order valence-electron chi connectivity index (χ3n) is 4.23. The quantitative estimate of drug-likeness (QED) is 0.663. The van der Waals surface area contributed by atoms with E-state index in [9.17, 15) is 19.3 Å². The lowest BCUT2D eigenvalue weighted by atomic mass is 9.94. The van der Waals surface area contributed by atoms with Gasteiger partial charge >= 0.3 is 0 Å². The average Bonchev–Trinajstić information content (AvgIpc) is 2.89. The van der Waals surface area contributed by atoms with Gasteiger partial charge in [0.15, 0.2) is 0 Å². The molecule has 1 N–H and O–H groups in total. The van der Waals surface area contributed by atoms with Gasteiger partial charge in [0.2, 0.25) is 0 Å². The summed E-state index contributed by atoms with van der Waals surface area (Å²) in [5, 5.41) is 14.1. The van der Waals surface area contributed by atoms with Crippen molar-refractivity contribution in [3.05, 3.63) is 39.7 Å². The van der Waals surface area contributed by atoms with Crippen LogP contribution in [0.2, 0.25) is 0 Å². The number of non-ortho nitro benzene ring substituents is 1. The number of nitrogens with zero attached hydrogens (tertiary/aromatic N) is 2. The number of carbonyl (C=O) groups is 1.